The zero-order valence-corrected chi connectivity index (χ0v) is 20.1. The number of benzene rings is 2. The fraction of sp³-hybridized carbons (Fsp3) is 0.185. The number of methoxy groups -OCH3 is 2. The van der Waals surface area contributed by atoms with Crippen molar-refractivity contribution in [3.63, 3.8) is 0 Å². The van der Waals surface area contributed by atoms with Crippen molar-refractivity contribution in [2.75, 3.05) is 14.2 Å². The first-order chi connectivity index (χ1) is 17.0. The SMILES string of the molecule is COc1ccc(C=NNC(=O)c2ccc(COc3ccc(-n4c(C)ccc4C)cc3)o2)c(OC)c1. The Kier molecular flexibility index (Phi) is 7.21. The minimum absolute atomic E-state index is 0.136. The number of hydrogen-bond donors (Lipinski definition) is 1. The highest BCUT2D eigenvalue weighted by molar-refractivity contribution is 5.92. The van der Waals surface area contributed by atoms with Crippen molar-refractivity contribution in [2.45, 2.75) is 20.5 Å². The number of aryl methyl sites for hydroxylation is 2. The molecule has 1 amide bonds. The number of furan rings is 1. The van der Waals surface area contributed by atoms with E-state index in [1.807, 2.05) is 24.3 Å². The van der Waals surface area contributed by atoms with Crippen LogP contribution in [0.25, 0.3) is 5.69 Å². The van der Waals surface area contributed by atoms with Crippen LogP contribution in [0.3, 0.4) is 0 Å². The molecule has 0 bridgehead atoms. The first kappa shape index (κ1) is 23.7. The monoisotopic (exact) mass is 473 g/mol. The zero-order valence-electron chi connectivity index (χ0n) is 20.1. The quantitative estimate of drug-likeness (QED) is 0.272. The molecule has 0 saturated carbocycles. The van der Waals surface area contributed by atoms with Gasteiger partial charge in [0.1, 0.15) is 29.6 Å². The molecule has 8 nitrogen and oxygen atoms in total. The highest BCUT2D eigenvalue weighted by Gasteiger charge is 2.11. The van der Waals surface area contributed by atoms with Crippen LogP contribution in [0.2, 0.25) is 0 Å². The van der Waals surface area contributed by atoms with E-state index in [2.05, 4.69) is 41.1 Å². The molecule has 0 aliphatic heterocycles. The molecular formula is C27H27N3O5. The minimum atomic E-state index is -0.471. The molecular weight excluding hydrogens is 446 g/mol. The van der Waals surface area contributed by atoms with Crippen molar-refractivity contribution in [1.82, 2.24) is 9.99 Å². The van der Waals surface area contributed by atoms with Gasteiger partial charge in [-0.1, -0.05) is 0 Å². The number of hydrogen-bond acceptors (Lipinski definition) is 6. The summed E-state index contributed by atoms with van der Waals surface area (Å²) in [5.41, 5.74) is 6.55. The van der Waals surface area contributed by atoms with Crippen LogP contribution in [0.4, 0.5) is 0 Å². The van der Waals surface area contributed by atoms with Gasteiger partial charge in [0.15, 0.2) is 5.76 Å². The smallest absolute Gasteiger partial charge is 0.307 e. The molecule has 0 spiro atoms. The average Bonchev–Trinajstić information content (AvgIpc) is 3.49. The molecule has 0 saturated heterocycles. The highest BCUT2D eigenvalue weighted by atomic mass is 16.5. The molecule has 0 radical (unpaired) electrons. The number of amides is 1. The summed E-state index contributed by atoms with van der Waals surface area (Å²) in [6.45, 7) is 4.34. The van der Waals surface area contributed by atoms with Gasteiger partial charge in [-0.25, -0.2) is 5.43 Å². The number of nitrogens with zero attached hydrogens (tertiary/aromatic N) is 2. The van der Waals surface area contributed by atoms with Crippen molar-refractivity contribution >= 4 is 12.1 Å². The molecule has 1 N–H and O–H groups in total. The Morgan fingerprint density at radius 3 is 2.34 bits per heavy atom. The maximum absolute atomic E-state index is 12.4. The number of ether oxygens (including phenoxy) is 3. The van der Waals surface area contributed by atoms with Crippen molar-refractivity contribution < 1.29 is 23.4 Å². The number of carbonyl (C=O) groups is 1. The molecule has 4 rings (SSSR count). The van der Waals surface area contributed by atoms with E-state index in [9.17, 15) is 4.79 Å². The van der Waals surface area contributed by atoms with Crippen LogP contribution in [0.5, 0.6) is 17.2 Å². The minimum Gasteiger partial charge on any atom is -0.497 e. The standard InChI is InChI=1S/C27H27N3O5/c1-18-5-6-19(2)30(18)21-8-11-22(12-9-21)34-17-24-13-14-25(35-24)27(31)29-28-16-20-7-10-23(32-3)15-26(20)33-4/h5-16H,17H2,1-4H3,(H,29,31). The van der Waals surface area contributed by atoms with Gasteiger partial charge in [-0.05, 0) is 74.5 Å². The van der Waals surface area contributed by atoms with Crippen LogP contribution in [0, 0.1) is 13.8 Å². The second kappa shape index (κ2) is 10.6. The number of hydrazone groups is 1. The predicted molar refractivity (Wildman–Crippen MR) is 133 cm³/mol. The van der Waals surface area contributed by atoms with Crippen LogP contribution in [-0.2, 0) is 6.61 Å². The third-order valence-electron chi connectivity index (χ3n) is 5.44. The molecule has 8 heteroatoms. The van der Waals surface area contributed by atoms with Gasteiger partial charge in [0, 0.05) is 28.7 Å². The maximum atomic E-state index is 12.4. The summed E-state index contributed by atoms with van der Waals surface area (Å²) in [6, 6.07) is 20.6. The van der Waals surface area contributed by atoms with E-state index in [0.717, 1.165) is 5.69 Å². The molecule has 0 aliphatic carbocycles. The molecule has 2 heterocycles. The molecule has 0 unspecified atom stereocenters. The maximum Gasteiger partial charge on any atom is 0.307 e. The Balaban J connectivity index is 1.32. The first-order valence-corrected chi connectivity index (χ1v) is 11.0. The molecule has 2 aromatic carbocycles. The summed E-state index contributed by atoms with van der Waals surface area (Å²) in [7, 11) is 3.13. The summed E-state index contributed by atoms with van der Waals surface area (Å²) in [5.74, 6) is 2.13. The van der Waals surface area contributed by atoms with Gasteiger partial charge < -0.3 is 23.2 Å². The van der Waals surface area contributed by atoms with Crippen LogP contribution >= 0.6 is 0 Å². The Morgan fingerprint density at radius 2 is 1.66 bits per heavy atom. The van der Waals surface area contributed by atoms with Crippen LogP contribution in [0.15, 0.2) is 76.2 Å². The van der Waals surface area contributed by atoms with Gasteiger partial charge in [-0.15, -0.1) is 0 Å². The lowest BCUT2D eigenvalue weighted by molar-refractivity contribution is 0.0923. The predicted octanol–water partition coefficient (Wildman–Crippen LogP) is 5.05. The van der Waals surface area contributed by atoms with E-state index in [-0.39, 0.29) is 12.4 Å². The van der Waals surface area contributed by atoms with Gasteiger partial charge in [-0.3, -0.25) is 4.79 Å². The van der Waals surface area contributed by atoms with E-state index in [0.29, 0.717) is 28.6 Å². The van der Waals surface area contributed by atoms with Crippen LogP contribution in [0.1, 0.15) is 33.3 Å². The van der Waals surface area contributed by atoms with E-state index >= 15 is 0 Å². The van der Waals surface area contributed by atoms with Crippen LogP contribution < -0.4 is 19.6 Å². The average molecular weight is 474 g/mol. The normalized spacial score (nSPS) is 11.0. The van der Waals surface area contributed by atoms with Crippen molar-refractivity contribution in [2.24, 2.45) is 5.10 Å². The topological polar surface area (TPSA) is 87.2 Å². The second-order valence-corrected chi connectivity index (χ2v) is 7.81. The summed E-state index contributed by atoms with van der Waals surface area (Å²) in [6.07, 6.45) is 1.49. The Hall–Kier alpha value is -4.46. The Morgan fingerprint density at radius 1 is 0.943 bits per heavy atom. The lowest BCUT2D eigenvalue weighted by Crippen LogP contribution is -2.16. The van der Waals surface area contributed by atoms with E-state index in [4.69, 9.17) is 18.6 Å². The molecule has 35 heavy (non-hydrogen) atoms. The van der Waals surface area contributed by atoms with Gasteiger partial charge in [-0.2, -0.15) is 5.10 Å². The summed E-state index contributed by atoms with van der Waals surface area (Å²) >= 11 is 0. The number of rotatable bonds is 9. The van der Waals surface area contributed by atoms with Crippen molar-refractivity contribution in [1.29, 1.82) is 0 Å². The molecule has 0 atom stereocenters. The number of carbonyl (C=O) groups excluding carboxylic acids is 1. The van der Waals surface area contributed by atoms with Crippen LogP contribution in [-0.4, -0.2) is 30.9 Å². The molecule has 0 fully saturated rings. The molecule has 180 valence electrons. The fourth-order valence-electron chi connectivity index (χ4n) is 3.64. The van der Waals surface area contributed by atoms with E-state index in [1.54, 1.807) is 44.6 Å². The van der Waals surface area contributed by atoms with Gasteiger partial charge in [0.25, 0.3) is 0 Å². The van der Waals surface area contributed by atoms with Crippen molar-refractivity contribution in [3.8, 4) is 22.9 Å². The lowest BCUT2D eigenvalue weighted by atomic mass is 10.2. The largest absolute Gasteiger partial charge is 0.497 e. The second-order valence-electron chi connectivity index (χ2n) is 7.81. The molecule has 2 aromatic heterocycles. The third kappa shape index (κ3) is 5.55. The van der Waals surface area contributed by atoms with Gasteiger partial charge in [0.05, 0.1) is 20.4 Å². The number of aromatic nitrogens is 1. The number of nitrogens with one attached hydrogen (secondary N) is 1. The van der Waals surface area contributed by atoms with E-state index in [1.165, 1.54) is 17.6 Å². The highest BCUT2D eigenvalue weighted by Crippen LogP contribution is 2.23. The fourth-order valence-corrected chi connectivity index (χ4v) is 3.64. The Bertz CT molecular complexity index is 1320. The van der Waals surface area contributed by atoms with E-state index < -0.39 is 5.91 Å². The zero-order chi connectivity index (χ0) is 24.8. The third-order valence-corrected chi connectivity index (χ3v) is 5.44. The van der Waals surface area contributed by atoms with Gasteiger partial charge >= 0.3 is 5.91 Å². The summed E-state index contributed by atoms with van der Waals surface area (Å²) in [5, 5.41) is 3.99. The lowest BCUT2D eigenvalue weighted by Gasteiger charge is -2.10. The molecule has 4 aromatic rings. The molecule has 0 aliphatic rings. The Labute approximate surface area is 203 Å². The van der Waals surface area contributed by atoms with Gasteiger partial charge in [0.2, 0.25) is 0 Å². The summed E-state index contributed by atoms with van der Waals surface area (Å²) in [4.78, 5) is 12.4. The first-order valence-electron chi connectivity index (χ1n) is 11.0. The summed E-state index contributed by atoms with van der Waals surface area (Å²) < 4.78 is 24.1. The van der Waals surface area contributed by atoms with Crippen molar-refractivity contribution in [3.05, 3.63) is 95.2 Å².